The molecule has 0 aliphatic rings. The predicted molar refractivity (Wildman–Crippen MR) is 82.0 cm³/mol. The van der Waals surface area contributed by atoms with Crippen LogP contribution < -0.4 is 0 Å². The normalized spacial score (nSPS) is 10.7. The van der Waals surface area contributed by atoms with Crippen molar-refractivity contribution in [1.29, 1.82) is 0 Å². The van der Waals surface area contributed by atoms with E-state index in [1.807, 2.05) is 0 Å². The zero-order valence-corrected chi connectivity index (χ0v) is 12.7. The first-order chi connectivity index (χ1) is 10.6. The summed E-state index contributed by atoms with van der Waals surface area (Å²) in [7, 11) is 0. The Morgan fingerprint density at radius 1 is 1.00 bits per heavy atom. The number of hydrogen-bond acceptors (Lipinski definition) is 2. The summed E-state index contributed by atoms with van der Waals surface area (Å²) in [5.41, 5.74) is 0.664. The Hall–Kier alpha value is -2.34. The van der Waals surface area contributed by atoms with Crippen molar-refractivity contribution in [3.8, 4) is 16.9 Å². The van der Waals surface area contributed by atoms with E-state index in [0.717, 1.165) is 0 Å². The lowest BCUT2D eigenvalue weighted by Gasteiger charge is -2.04. The Bertz CT molecular complexity index is 861. The van der Waals surface area contributed by atoms with Crippen molar-refractivity contribution in [1.82, 2.24) is 9.78 Å². The smallest absolute Gasteiger partial charge is 0.155 e. The third kappa shape index (κ3) is 2.35. The molecule has 0 aliphatic carbocycles. The topological polar surface area (TPSA) is 34.9 Å². The largest absolute Gasteiger partial charge is 0.298 e. The second kappa shape index (κ2) is 5.81. The van der Waals surface area contributed by atoms with E-state index >= 15 is 0 Å². The number of benzene rings is 2. The van der Waals surface area contributed by atoms with Crippen molar-refractivity contribution >= 4 is 22.2 Å². The van der Waals surface area contributed by atoms with Crippen LogP contribution >= 0.6 is 15.9 Å². The molecule has 0 N–H and O–H groups in total. The van der Waals surface area contributed by atoms with Crippen molar-refractivity contribution in [2.24, 2.45) is 0 Å². The number of aldehydes is 1. The van der Waals surface area contributed by atoms with Crippen LogP contribution in [0.4, 0.5) is 8.78 Å². The number of halogens is 3. The summed E-state index contributed by atoms with van der Waals surface area (Å²) in [5.74, 6) is -1.00. The van der Waals surface area contributed by atoms with Gasteiger partial charge in [-0.25, -0.2) is 13.5 Å². The van der Waals surface area contributed by atoms with Crippen LogP contribution in [0.2, 0.25) is 0 Å². The highest BCUT2D eigenvalue weighted by Crippen LogP contribution is 2.31. The minimum absolute atomic E-state index is 0.156. The number of carbonyl (C=O) groups is 1. The molecular formula is C16H9BrF2N2O. The van der Waals surface area contributed by atoms with E-state index in [9.17, 15) is 13.6 Å². The zero-order valence-electron chi connectivity index (χ0n) is 11.1. The van der Waals surface area contributed by atoms with Gasteiger partial charge in [0, 0.05) is 5.56 Å². The zero-order chi connectivity index (χ0) is 15.7. The van der Waals surface area contributed by atoms with Crippen LogP contribution in [0.1, 0.15) is 10.4 Å². The summed E-state index contributed by atoms with van der Waals surface area (Å²) in [5, 5.41) is 4.20. The van der Waals surface area contributed by atoms with Crippen molar-refractivity contribution in [3.05, 3.63) is 70.3 Å². The number of rotatable bonds is 3. The Morgan fingerprint density at radius 2 is 1.64 bits per heavy atom. The standard InChI is InChI=1S/C16H9BrF2N2O/c17-16-11(9-22)15(10-5-1-2-6-12(10)18)20-21(16)14-8-4-3-7-13(14)19/h1-9H. The van der Waals surface area contributed by atoms with Crippen LogP contribution in [0, 0.1) is 11.6 Å². The average Bonchev–Trinajstić information content (AvgIpc) is 2.85. The van der Waals surface area contributed by atoms with Gasteiger partial charge < -0.3 is 0 Å². The molecule has 0 fully saturated rings. The van der Waals surface area contributed by atoms with Gasteiger partial charge in [-0.3, -0.25) is 4.79 Å². The van der Waals surface area contributed by atoms with Gasteiger partial charge in [-0.1, -0.05) is 24.3 Å². The van der Waals surface area contributed by atoms with E-state index in [2.05, 4.69) is 21.0 Å². The van der Waals surface area contributed by atoms with Gasteiger partial charge in [0.05, 0.1) is 5.56 Å². The second-order valence-corrected chi connectivity index (χ2v) is 5.27. The van der Waals surface area contributed by atoms with E-state index in [4.69, 9.17) is 0 Å². The molecule has 0 spiro atoms. The molecule has 0 saturated carbocycles. The molecule has 1 aromatic heterocycles. The van der Waals surface area contributed by atoms with Gasteiger partial charge in [0.2, 0.25) is 0 Å². The molecule has 3 rings (SSSR count). The highest BCUT2D eigenvalue weighted by molar-refractivity contribution is 9.10. The van der Waals surface area contributed by atoms with Crippen molar-refractivity contribution < 1.29 is 13.6 Å². The molecule has 110 valence electrons. The van der Waals surface area contributed by atoms with Crippen LogP contribution in [0.25, 0.3) is 16.9 Å². The number of nitrogens with zero attached hydrogens (tertiary/aromatic N) is 2. The van der Waals surface area contributed by atoms with Crippen molar-refractivity contribution in [2.45, 2.75) is 0 Å². The molecule has 6 heteroatoms. The fourth-order valence-electron chi connectivity index (χ4n) is 2.15. The van der Waals surface area contributed by atoms with Gasteiger partial charge in [-0.2, -0.15) is 5.10 Å². The highest BCUT2D eigenvalue weighted by atomic mass is 79.9. The third-order valence-electron chi connectivity index (χ3n) is 3.19. The molecule has 1 heterocycles. The fourth-order valence-corrected chi connectivity index (χ4v) is 2.70. The van der Waals surface area contributed by atoms with E-state index in [0.29, 0.717) is 6.29 Å². The van der Waals surface area contributed by atoms with Crippen LogP contribution in [0.5, 0.6) is 0 Å². The molecule has 0 unspecified atom stereocenters. The van der Waals surface area contributed by atoms with Crippen LogP contribution in [-0.4, -0.2) is 16.1 Å². The number of para-hydroxylation sites is 1. The van der Waals surface area contributed by atoms with Crippen LogP contribution in [-0.2, 0) is 0 Å². The molecule has 0 bridgehead atoms. The maximum absolute atomic E-state index is 14.0. The van der Waals surface area contributed by atoms with Crippen molar-refractivity contribution in [2.75, 3.05) is 0 Å². The first kappa shape index (κ1) is 14.6. The number of hydrogen-bond donors (Lipinski definition) is 0. The molecule has 0 radical (unpaired) electrons. The lowest BCUT2D eigenvalue weighted by molar-refractivity contribution is 0.112. The molecular weight excluding hydrogens is 354 g/mol. The summed E-state index contributed by atoms with van der Waals surface area (Å²) in [6.45, 7) is 0. The molecule has 2 aromatic carbocycles. The Labute approximate surface area is 133 Å². The fraction of sp³-hybridized carbons (Fsp3) is 0. The summed E-state index contributed by atoms with van der Waals surface area (Å²) in [6.07, 6.45) is 0.566. The van der Waals surface area contributed by atoms with Gasteiger partial charge in [-0.05, 0) is 40.2 Å². The summed E-state index contributed by atoms with van der Waals surface area (Å²) in [4.78, 5) is 11.4. The summed E-state index contributed by atoms with van der Waals surface area (Å²) in [6, 6.07) is 12.0. The SMILES string of the molecule is O=Cc1c(-c2ccccc2F)nn(-c2ccccc2F)c1Br. The predicted octanol–water partition coefficient (Wildman–Crippen LogP) is 4.39. The number of aromatic nitrogens is 2. The van der Waals surface area contributed by atoms with E-state index < -0.39 is 11.6 Å². The maximum atomic E-state index is 14.0. The van der Waals surface area contributed by atoms with Gasteiger partial charge >= 0.3 is 0 Å². The van der Waals surface area contributed by atoms with Gasteiger partial charge in [0.1, 0.15) is 27.6 Å². The lowest BCUT2D eigenvalue weighted by Crippen LogP contribution is -2.00. The minimum Gasteiger partial charge on any atom is -0.298 e. The molecule has 22 heavy (non-hydrogen) atoms. The summed E-state index contributed by atoms with van der Waals surface area (Å²) >= 11 is 3.24. The average molecular weight is 363 g/mol. The quantitative estimate of drug-likeness (QED) is 0.647. The van der Waals surface area contributed by atoms with Crippen LogP contribution in [0.15, 0.2) is 53.1 Å². The van der Waals surface area contributed by atoms with E-state index in [-0.39, 0.29) is 27.1 Å². The molecule has 0 amide bonds. The highest BCUT2D eigenvalue weighted by Gasteiger charge is 2.21. The Balaban J connectivity index is 2.27. The Kier molecular flexibility index (Phi) is 3.85. The monoisotopic (exact) mass is 362 g/mol. The molecule has 0 atom stereocenters. The second-order valence-electron chi connectivity index (χ2n) is 4.51. The molecule has 0 saturated heterocycles. The maximum Gasteiger partial charge on any atom is 0.155 e. The van der Waals surface area contributed by atoms with E-state index in [1.165, 1.54) is 28.9 Å². The Morgan fingerprint density at radius 3 is 2.27 bits per heavy atom. The molecule has 0 aliphatic heterocycles. The first-order valence-corrected chi connectivity index (χ1v) is 7.16. The minimum atomic E-state index is -0.503. The summed E-state index contributed by atoms with van der Waals surface area (Å²) < 4.78 is 29.4. The molecule has 3 aromatic rings. The van der Waals surface area contributed by atoms with Crippen LogP contribution in [0.3, 0.4) is 0 Å². The van der Waals surface area contributed by atoms with Gasteiger partial charge in [-0.15, -0.1) is 0 Å². The van der Waals surface area contributed by atoms with E-state index in [1.54, 1.807) is 24.3 Å². The van der Waals surface area contributed by atoms with Gasteiger partial charge in [0.15, 0.2) is 6.29 Å². The third-order valence-corrected chi connectivity index (χ3v) is 3.95. The number of carbonyl (C=O) groups excluding carboxylic acids is 1. The molecule has 3 nitrogen and oxygen atoms in total. The lowest BCUT2D eigenvalue weighted by atomic mass is 10.1. The van der Waals surface area contributed by atoms with Gasteiger partial charge in [0.25, 0.3) is 0 Å². The first-order valence-electron chi connectivity index (χ1n) is 6.37. The van der Waals surface area contributed by atoms with Crippen molar-refractivity contribution in [3.63, 3.8) is 0 Å².